The van der Waals surface area contributed by atoms with Gasteiger partial charge in [0.05, 0.1) is 6.04 Å². The Kier molecular flexibility index (Phi) is 6.24. The molecule has 100 valence electrons. The summed E-state index contributed by atoms with van der Waals surface area (Å²) in [6.07, 6.45) is 0.745. The SMILES string of the molecule is C=C(NC(CCN(C)C)C(C)=O)OC(C)(C)C. The summed E-state index contributed by atoms with van der Waals surface area (Å²) in [6, 6.07) is -0.229. The van der Waals surface area contributed by atoms with Crippen LogP contribution in [0.15, 0.2) is 12.5 Å². The summed E-state index contributed by atoms with van der Waals surface area (Å²) in [5, 5.41) is 3.04. The minimum Gasteiger partial charge on any atom is -0.474 e. The molecule has 0 aliphatic heterocycles. The maximum atomic E-state index is 11.5. The molecule has 0 fully saturated rings. The van der Waals surface area contributed by atoms with Gasteiger partial charge in [0.25, 0.3) is 0 Å². The second-order valence-corrected chi connectivity index (χ2v) is 5.54. The van der Waals surface area contributed by atoms with Gasteiger partial charge in [-0.05, 0) is 61.3 Å². The number of carbonyl (C=O) groups excluding carboxylic acids is 1. The molecule has 0 aliphatic carbocycles. The average Bonchev–Trinajstić information content (AvgIpc) is 2.08. The first kappa shape index (κ1) is 16.0. The molecule has 0 rings (SSSR count). The predicted octanol–water partition coefficient (Wildman–Crippen LogP) is 1.77. The highest BCUT2D eigenvalue weighted by Gasteiger charge is 2.18. The van der Waals surface area contributed by atoms with E-state index in [-0.39, 0.29) is 17.4 Å². The molecule has 0 saturated heterocycles. The number of hydrogen-bond acceptors (Lipinski definition) is 4. The van der Waals surface area contributed by atoms with Crippen molar-refractivity contribution >= 4 is 5.78 Å². The first-order valence-electron chi connectivity index (χ1n) is 5.91. The van der Waals surface area contributed by atoms with Crippen molar-refractivity contribution in [1.82, 2.24) is 10.2 Å². The third kappa shape index (κ3) is 8.74. The number of carbonyl (C=O) groups is 1. The monoisotopic (exact) mass is 242 g/mol. The van der Waals surface area contributed by atoms with Gasteiger partial charge < -0.3 is 15.0 Å². The lowest BCUT2D eigenvalue weighted by atomic mass is 10.1. The van der Waals surface area contributed by atoms with E-state index in [1.54, 1.807) is 6.92 Å². The predicted molar refractivity (Wildman–Crippen MR) is 70.8 cm³/mol. The van der Waals surface area contributed by atoms with Crippen LogP contribution >= 0.6 is 0 Å². The Morgan fingerprint density at radius 3 is 2.29 bits per heavy atom. The van der Waals surface area contributed by atoms with Gasteiger partial charge in [0, 0.05) is 0 Å². The number of ether oxygens (including phenoxy) is 1. The molecule has 0 aliphatic rings. The first-order chi connectivity index (χ1) is 7.61. The number of nitrogens with zero attached hydrogens (tertiary/aromatic N) is 1. The van der Waals surface area contributed by atoms with E-state index in [0.29, 0.717) is 5.88 Å². The van der Waals surface area contributed by atoms with Crippen LogP contribution in [0.3, 0.4) is 0 Å². The minimum atomic E-state index is -0.299. The van der Waals surface area contributed by atoms with E-state index in [4.69, 9.17) is 4.74 Å². The van der Waals surface area contributed by atoms with Crippen molar-refractivity contribution in [2.45, 2.75) is 45.8 Å². The van der Waals surface area contributed by atoms with Gasteiger partial charge in [-0.25, -0.2) is 0 Å². The molecular formula is C13H26N2O2. The van der Waals surface area contributed by atoms with Gasteiger partial charge in [-0.15, -0.1) is 0 Å². The van der Waals surface area contributed by atoms with E-state index in [9.17, 15) is 4.79 Å². The number of Topliss-reactive ketones (excluding diaryl/α,β-unsaturated/α-hetero) is 1. The number of ketones is 1. The summed E-state index contributed by atoms with van der Waals surface area (Å²) in [7, 11) is 3.97. The lowest BCUT2D eigenvalue weighted by Crippen LogP contribution is -2.39. The molecule has 0 bridgehead atoms. The molecule has 0 amide bonds. The van der Waals surface area contributed by atoms with Gasteiger partial charge in [-0.2, -0.15) is 0 Å². The average molecular weight is 242 g/mol. The fourth-order valence-corrected chi connectivity index (χ4v) is 1.36. The van der Waals surface area contributed by atoms with Crippen LogP contribution in [0.25, 0.3) is 0 Å². The van der Waals surface area contributed by atoms with E-state index < -0.39 is 0 Å². The van der Waals surface area contributed by atoms with E-state index in [1.165, 1.54) is 0 Å². The Morgan fingerprint density at radius 2 is 1.94 bits per heavy atom. The molecule has 0 heterocycles. The highest BCUT2D eigenvalue weighted by Crippen LogP contribution is 2.11. The van der Waals surface area contributed by atoms with Crippen molar-refractivity contribution in [3.63, 3.8) is 0 Å². The Bertz CT molecular complexity index is 267. The Hall–Kier alpha value is -1.03. The normalized spacial score (nSPS) is 13.4. The van der Waals surface area contributed by atoms with Crippen molar-refractivity contribution < 1.29 is 9.53 Å². The molecule has 0 radical (unpaired) electrons. The van der Waals surface area contributed by atoms with Crippen molar-refractivity contribution in [2.24, 2.45) is 0 Å². The molecule has 0 aromatic rings. The summed E-state index contributed by atoms with van der Waals surface area (Å²) in [4.78, 5) is 13.5. The highest BCUT2D eigenvalue weighted by molar-refractivity contribution is 5.81. The van der Waals surface area contributed by atoms with Gasteiger partial charge in [-0.3, -0.25) is 4.79 Å². The maximum Gasteiger partial charge on any atom is 0.180 e. The van der Waals surface area contributed by atoms with Crippen LogP contribution in [-0.4, -0.2) is 43.0 Å². The zero-order chi connectivity index (χ0) is 13.6. The summed E-state index contributed by atoms with van der Waals surface area (Å²) >= 11 is 0. The van der Waals surface area contributed by atoms with Crippen LogP contribution in [0.2, 0.25) is 0 Å². The van der Waals surface area contributed by atoms with Crippen LogP contribution in [-0.2, 0) is 9.53 Å². The highest BCUT2D eigenvalue weighted by atomic mass is 16.5. The van der Waals surface area contributed by atoms with E-state index in [0.717, 1.165) is 13.0 Å². The second kappa shape index (κ2) is 6.64. The number of hydrogen-bond donors (Lipinski definition) is 1. The number of rotatable bonds is 7. The Morgan fingerprint density at radius 1 is 1.41 bits per heavy atom. The lowest BCUT2D eigenvalue weighted by molar-refractivity contribution is -0.119. The Labute approximate surface area is 105 Å². The van der Waals surface area contributed by atoms with Crippen LogP contribution in [0.4, 0.5) is 0 Å². The summed E-state index contributed by atoms with van der Waals surface area (Å²) in [6.45, 7) is 12.1. The largest absolute Gasteiger partial charge is 0.474 e. The zero-order valence-corrected chi connectivity index (χ0v) is 12.0. The molecule has 0 aromatic heterocycles. The maximum absolute atomic E-state index is 11.5. The fourth-order valence-electron chi connectivity index (χ4n) is 1.36. The number of nitrogens with one attached hydrogen (secondary N) is 1. The zero-order valence-electron chi connectivity index (χ0n) is 12.0. The molecule has 0 saturated carbocycles. The molecule has 0 aromatic carbocycles. The molecule has 1 unspecified atom stereocenters. The van der Waals surface area contributed by atoms with Gasteiger partial charge in [0.1, 0.15) is 5.60 Å². The van der Waals surface area contributed by atoms with Gasteiger partial charge in [-0.1, -0.05) is 0 Å². The quantitative estimate of drug-likeness (QED) is 0.691. The molecule has 0 spiro atoms. The topological polar surface area (TPSA) is 41.6 Å². The fraction of sp³-hybridized carbons (Fsp3) is 0.769. The van der Waals surface area contributed by atoms with Crippen LogP contribution in [0.1, 0.15) is 34.1 Å². The third-order valence-corrected chi connectivity index (χ3v) is 2.12. The van der Waals surface area contributed by atoms with Crippen molar-refractivity contribution in [1.29, 1.82) is 0 Å². The van der Waals surface area contributed by atoms with Crippen LogP contribution < -0.4 is 5.32 Å². The van der Waals surface area contributed by atoms with Gasteiger partial charge >= 0.3 is 0 Å². The summed E-state index contributed by atoms with van der Waals surface area (Å²) in [5.41, 5.74) is -0.299. The molecule has 4 nitrogen and oxygen atoms in total. The summed E-state index contributed by atoms with van der Waals surface area (Å²) in [5.74, 6) is 0.557. The van der Waals surface area contributed by atoms with Crippen molar-refractivity contribution in [3.05, 3.63) is 12.5 Å². The standard InChI is InChI=1S/C13H26N2O2/c1-10(16)12(8-9-15(6)7)14-11(2)17-13(3,4)5/h12,14H,2,8-9H2,1,3-7H3. The Balaban J connectivity index is 4.26. The van der Waals surface area contributed by atoms with E-state index in [2.05, 4.69) is 11.9 Å². The third-order valence-electron chi connectivity index (χ3n) is 2.12. The van der Waals surface area contributed by atoms with Gasteiger partial charge in [0.15, 0.2) is 11.7 Å². The molecule has 4 heteroatoms. The summed E-state index contributed by atoms with van der Waals surface area (Å²) < 4.78 is 5.55. The van der Waals surface area contributed by atoms with Crippen LogP contribution in [0.5, 0.6) is 0 Å². The first-order valence-corrected chi connectivity index (χ1v) is 5.91. The van der Waals surface area contributed by atoms with Crippen molar-refractivity contribution in [2.75, 3.05) is 20.6 Å². The van der Waals surface area contributed by atoms with Gasteiger partial charge in [0.2, 0.25) is 0 Å². The van der Waals surface area contributed by atoms with Crippen LogP contribution in [0, 0.1) is 0 Å². The smallest absolute Gasteiger partial charge is 0.180 e. The molecule has 1 N–H and O–H groups in total. The lowest BCUT2D eigenvalue weighted by Gasteiger charge is -2.26. The molecule has 17 heavy (non-hydrogen) atoms. The van der Waals surface area contributed by atoms with Crippen molar-refractivity contribution in [3.8, 4) is 0 Å². The van der Waals surface area contributed by atoms with E-state index >= 15 is 0 Å². The van der Waals surface area contributed by atoms with E-state index in [1.807, 2.05) is 39.8 Å². The minimum absolute atomic E-state index is 0.102. The molecular weight excluding hydrogens is 216 g/mol. The molecule has 1 atom stereocenters. The second-order valence-electron chi connectivity index (χ2n) is 5.54.